The number of fused-ring (bicyclic) bond motifs is 1. The zero-order chi connectivity index (χ0) is 23.5. The third-order valence-corrected chi connectivity index (χ3v) is 6.68. The molecule has 1 atom stereocenters. The van der Waals surface area contributed by atoms with Crippen LogP contribution in [0.5, 0.6) is 0 Å². The number of ether oxygens (including phenoxy) is 1. The highest BCUT2D eigenvalue weighted by Crippen LogP contribution is 2.31. The number of benzene rings is 1. The Kier molecular flexibility index (Phi) is 6.65. The number of furan rings is 1. The number of nitrogens with zero attached hydrogens (tertiary/aromatic N) is 3. The highest BCUT2D eigenvalue weighted by Gasteiger charge is 2.33. The van der Waals surface area contributed by atoms with Crippen molar-refractivity contribution in [2.45, 2.75) is 33.7 Å². The molecule has 0 saturated carbocycles. The van der Waals surface area contributed by atoms with Crippen molar-refractivity contribution in [3.63, 3.8) is 0 Å². The molecule has 0 N–H and O–H groups in total. The molecule has 3 aromatic rings. The van der Waals surface area contributed by atoms with E-state index in [-0.39, 0.29) is 12.2 Å². The van der Waals surface area contributed by atoms with Gasteiger partial charge in [-0.1, -0.05) is 23.5 Å². The molecule has 0 fully saturated rings. The minimum absolute atomic E-state index is 0.202. The van der Waals surface area contributed by atoms with E-state index in [1.54, 1.807) is 43.1 Å². The SMILES string of the molecule is CCOC(=O)C1=C(C)N=c2s/c(=C/c3ccoc3)c(=O)n2[C@H]1c1ccc(N(CC)CC)cc1. The van der Waals surface area contributed by atoms with Gasteiger partial charge >= 0.3 is 5.97 Å². The van der Waals surface area contributed by atoms with Gasteiger partial charge < -0.3 is 14.1 Å². The number of esters is 1. The van der Waals surface area contributed by atoms with E-state index >= 15 is 0 Å². The third kappa shape index (κ3) is 4.30. The molecule has 0 radical (unpaired) electrons. The average molecular weight is 466 g/mol. The van der Waals surface area contributed by atoms with Crippen LogP contribution in [0.2, 0.25) is 0 Å². The van der Waals surface area contributed by atoms with Gasteiger partial charge in [0.05, 0.1) is 41.0 Å². The summed E-state index contributed by atoms with van der Waals surface area (Å²) in [5.74, 6) is -0.458. The number of hydrogen-bond acceptors (Lipinski definition) is 7. The maximum absolute atomic E-state index is 13.5. The Hall–Kier alpha value is -3.39. The van der Waals surface area contributed by atoms with E-state index in [1.165, 1.54) is 11.3 Å². The summed E-state index contributed by atoms with van der Waals surface area (Å²) < 4.78 is 12.6. The van der Waals surface area contributed by atoms with Crippen LogP contribution in [0.3, 0.4) is 0 Å². The van der Waals surface area contributed by atoms with E-state index in [1.807, 2.05) is 24.3 Å². The molecule has 7 nitrogen and oxygen atoms in total. The number of allylic oxidation sites excluding steroid dienone is 1. The van der Waals surface area contributed by atoms with E-state index in [2.05, 4.69) is 23.7 Å². The van der Waals surface area contributed by atoms with Crippen molar-refractivity contribution < 1.29 is 13.9 Å². The van der Waals surface area contributed by atoms with Crippen molar-refractivity contribution in [3.05, 3.63) is 84.9 Å². The Labute approximate surface area is 195 Å². The summed E-state index contributed by atoms with van der Waals surface area (Å²) in [4.78, 5) is 33.9. The molecule has 33 heavy (non-hydrogen) atoms. The van der Waals surface area contributed by atoms with Crippen LogP contribution in [0.4, 0.5) is 5.69 Å². The van der Waals surface area contributed by atoms with Crippen molar-refractivity contribution in [3.8, 4) is 0 Å². The molecule has 0 saturated heterocycles. The summed E-state index contributed by atoms with van der Waals surface area (Å²) in [7, 11) is 0. The fourth-order valence-electron chi connectivity index (χ4n) is 4.07. The Balaban J connectivity index is 1.90. The van der Waals surface area contributed by atoms with Crippen molar-refractivity contribution in [2.75, 3.05) is 24.6 Å². The van der Waals surface area contributed by atoms with Crippen LogP contribution in [0.1, 0.15) is 44.9 Å². The zero-order valence-electron chi connectivity index (χ0n) is 19.2. The first-order valence-corrected chi connectivity index (χ1v) is 11.9. The lowest BCUT2D eigenvalue weighted by atomic mass is 9.95. The van der Waals surface area contributed by atoms with Gasteiger partial charge in [-0.25, -0.2) is 9.79 Å². The summed E-state index contributed by atoms with van der Waals surface area (Å²) in [6.07, 6.45) is 4.92. The fraction of sp³-hybridized carbons (Fsp3) is 0.320. The lowest BCUT2D eigenvalue weighted by Crippen LogP contribution is -2.40. The lowest BCUT2D eigenvalue weighted by molar-refractivity contribution is -0.139. The number of carbonyl (C=O) groups excluding carboxylic acids is 1. The molecule has 3 heterocycles. The highest BCUT2D eigenvalue weighted by atomic mass is 32.1. The average Bonchev–Trinajstić information content (AvgIpc) is 3.42. The standard InChI is InChI=1S/C25H27N3O4S/c1-5-27(6-2)19-10-8-18(9-11-19)22-21(24(30)32-7-3)16(4)26-25-28(22)23(29)20(33-25)14-17-12-13-31-15-17/h8-15,22H,5-7H2,1-4H3/b20-14+/t22-/m0/s1. The highest BCUT2D eigenvalue weighted by molar-refractivity contribution is 7.07. The molecule has 172 valence electrons. The Morgan fingerprint density at radius 2 is 1.94 bits per heavy atom. The fourth-order valence-corrected chi connectivity index (χ4v) is 5.12. The first-order valence-electron chi connectivity index (χ1n) is 11.0. The van der Waals surface area contributed by atoms with Gasteiger partial charge in [-0.3, -0.25) is 9.36 Å². The quantitative estimate of drug-likeness (QED) is 0.501. The van der Waals surface area contributed by atoms with Gasteiger partial charge in [0.2, 0.25) is 0 Å². The minimum atomic E-state index is -0.613. The van der Waals surface area contributed by atoms with E-state index in [4.69, 9.17) is 9.15 Å². The molecule has 0 spiro atoms. The number of carbonyl (C=O) groups is 1. The Morgan fingerprint density at radius 1 is 1.21 bits per heavy atom. The molecular formula is C25H27N3O4S. The number of aromatic nitrogens is 1. The van der Waals surface area contributed by atoms with Gasteiger partial charge in [-0.15, -0.1) is 0 Å². The Morgan fingerprint density at radius 3 is 2.55 bits per heavy atom. The van der Waals surface area contributed by atoms with Crippen LogP contribution in [0.25, 0.3) is 6.08 Å². The second-order valence-electron chi connectivity index (χ2n) is 7.62. The predicted octanol–water partition coefficient (Wildman–Crippen LogP) is 3.24. The summed E-state index contributed by atoms with van der Waals surface area (Å²) >= 11 is 1.30. The van der Waals surface area contributed by atoms with Crippen LogP contribution >= 0.6 is 11.3 Å². The van der Waals surface area contributed by atoms with E-state index in [0.717, 1.165) is 29.9 Å². The van der Waals surface area contributed by atoms with Crippen molar-refractivity contribution in [2.24, 2.45) is 4.99 Å². The monoisotopic (exact) mass is 465 g/mol. The van der Waals surface area contributed by atoms with Gasteiger partial charge in [0, 0.05) is 24.3 Å². The van der Waals surface area contributed by atoms with Gasteiger partial charge in [0.1, 0.15) is 0 Å². The topological polar surface area (TPSA) is 77.0 Å². The minimum Gasteiger partial charge on any atom is -0.472 e. The molecular weight excluding hydrogens is 438 g/mol. The van der Waals surface area contributed by atoms with Crippen molar-refractivity contribution in [1.82, 2.24) is 4.57 Å². The summed E-state index contributed by atoms with van der Waals surface area (Å²) in [6.45, 7) is 9.81. The first-order chi connectivity index (χ1) is 16.0. The molecule has 4 rings (SSSR count). The normalized spacial score (nSPS) is 15.9. The zero-order valence-corrected chi connectivity index (χ0v) is 20.0. The summed E-state index contributed by atoms with van der Waals surface area (Å²) in [6, 6.07) is 9.19. The second-order valence-corrected chi connectivity index (χ2v) is 8.63. The molecule has 0 unspecified atom stereocenters. The molecule has 8 heteroatoms. The molecule has 0 amide bonds. The molecule has 0 aliphatic carbocycles. The molecule has 0 bridgehead atoms. The molecule has 1 aromatic carbocycles. The third-order valence-electron chi connectivity index (χ3n) is 5.70. The lowest BCUT2D eigenvalue weighted by Gasteiger charge is -2.26. The van der Waals surface area contributed by atoms with E-state index < -0.39 is 12.0 Å². The summed E-state index contributed by atoms with van der Waals surface area (Å²) in [5.41, 5.74) is 3.46. The van der Waals surface area contributed by atoms with Gasteiger partial charge in [0.25, 0.3) is 5.56 Å². The van der Waals surface area contributed by atoms with Gasteiger partial charge in [0.15, 0.2) is 4.80 Å². The molecule has 2 aromatic heterocycles. The summed E-state index contributed by atoms with van der Waals surface area (Å²) in [5, 5.41) is 0. The van der Waals surface area contributed by atoms with E-state index in [9.17, 15) is 9.59 Å². The smallest absolute Gasteiger partial charge is 0.338 e. The Bertz CT molecular complexity index is 1340. The number of anilines is 1. The number of rotatable bonds is 7. The van der Waals surface area contributed by atoms with Crippen LogP contribution in [0, 0.1) is 0 Å². The van der Waals surface area contributed by atoms with Crippen molar-refractivity contribution >= 4 is 29.1 Å². The first kappa shape index (κ1) is 22.8. The van der Waals surface area contributed by atoms with Gasteiger partial charge in [-0.2, -0.15) is 0 Å². The van der Waals surface area contributed by atoms with Gasteiger partial charge in [-0.05, 0) is 57.5 Å². The second kappa shape index (κ2) is 9.62. The van der Waals surface area contributed by atoms with E-state index in [0.29, 0.717) is 20.6 Å². The van der Waals surface area contributed by atoms with Crippen LogP contribution < -0.4 is 19.8 Å². The van der Waals surface area contributed by atoms with Crippen LogP contribution in [-0.2, 0) is 9.53 Å². The predicted molar refractivity (Wildman–Crippen MR) is 129 cm³/mol. The van der Waals surface area contributed by atoms with Crippen LogP contribution in [-0.4, -0.2) is 30.2 Å². The number of hydrogen-bond donors (Lipinski definition) is 0. The number of thiazole rings is 1. The largest absolute Gasteiger partial charge is 0.472 e. The maximum atomic E-state index is 13.5. The molecule has 1 aliphatic heterocycles. The maximum Gasteiger partial charge on any atom is 0.338 e. The van der Waals surface area contributed by atoms with Crippen molar-refractivity contribution in [1.29, 1.82) is 0 Å². The van der Waals surface area contributed by atoms with Crippen LogP contribution in [0.15, 0.2) is 68.3 Å². The molecule has 1 aliphatic rings.